The number of rotatable bonds is 6. The minimum atomic E-state index is 0.545. The molecule has 5 heteroatoms. The molecule has 0 aliphatic heterocycles. The molecule has 2 rings (SSSR count). The van der Waals surface area contributed by atoms with Crippen LogP contribution in [0.3, 0.4) is 0 Å². The summed E-state index contributed by atoms with van der Waals surface area (Å²) in [6.45, 7) is 2.90. The Hall–Kier alpha value is -1.20. The van der Waals surface area contributed by atoms with E-state index in [1.165, 1.54) is 0 Å². The minimum absolute atomic E-state index is 0.545. The first-order chi connectivity index (χ1) is 8.29. The highest BCUT2D eigenvalue weighted by Gasteiger charge is 2.10. The van der Waals surface area contributed by atoms with Gasteiger partial charge in [-0.2, -0.15) is 11.8 Å². The molecule has 17 heavy (non-hydrogen) atoms. The molecular formula is C12H16N2O2S. The highest BCUT2D eigenvalue weighted by Crippen LogP contribution is 2.24. The number of hydrogen-bond donors (Lipinski definition) is 1. The van der Waals surface area contributed by atoms with Crippen LogP contribution in [0.5, 0.6) is 0 Å². The number of hydrogen-bond acceptors (Lipinski definition) is 5. The zero-order valence-corrected chi connectivity index (χ0v) is 10.6. The smallest absolute Gasteiger partial charge is 0.202 e. The van der Waals surface area contributed by atoms with Crippen molar-refractivity contribution in [2.45, 2.75) is 24.3 Å². The van der Waals surface area contributed by atoms with Crippen LogP contribution >= 0.6 is 11.8 Å². The molecule has 0 radical (unpaired) electrons. The van der Waals surface area contributed by atoms with Gasteiger partial charge in [0.2, 0.25) is 5.76 Å². The van der Waals surface area contributed by atoms with Crippen molar-refractivity contribution in [3.8, 4) is 11.5 Å². The molecule has 92 valence electrons. The Morgan fingerprint density at radius 3 is 3.06 bits per heavy atom. The summed E-state index contributed by atoms with van der Waals surface area (Å²) in [6, 6.07) is 5.60. The average molecular weight is 252 g/mol. The lowest BCUT2D eigenvalue weighted by Crippen LogP contribution is -2.07. The molecule has 0 saturated heterocycles. The molecule has 0 saturated carbocycles. The van der Waals surface area contributed by atoms with Crippen LogP contribution in [0.2, 0.25) is 0 Å². The third-order valence-electron chi connectivity index (χ3n) is 2.41. The number of nitrogens with zero attached hydrogens (tertiary/aromatic N) is 1. The predicted molar refractivity (Wildman–Crippen MR) is 68.6 cm³/mol. The van der Waals surface area contributed by atoms with E-state index in [2.05, 4.69) is 12.1 Å². The zero-order valence-electron chi connectivity index (χ0n) is 9.76. The van der Waals surface area contributed by atoms with Gasteiger partial charge in [-0.25, -0.2) is 0 Å². The van der Waals surface area contributed by atoms with Gasteiger partial charge >= 0.3 is 0 Å². The van der Waals surface area contributed by atoms with Crippen LogP contribution in [0.15, 0.2) is 33.4 Å². The molecule has 2 N–H and O–H groups in total. The first-order valence-electron chi connectivity index (χ1n) is 5.60. The summed E-state index contributed by atoms with van der Waals surface area (Å²) >= 11 is 1.83. The monoisotopic (exact) mass is 252 g/mol. The van der Waals surface area contributed by atoms with Crippen LogP contribution in [-0.2, 0) is 5.75 Å². The van der Waals surface area contributed by atoms with Crippen LogP contribution in [0.1, 0.15) is 19.0 Å². The normalized spacial score (nSPS) is 12.8. The second-order valence-corrected chi connectivity index (χ2v) is 5.29. The molecule has 0 aromatic carbocycles. The minimum Gasteiger partial charge on any atom is -0.461 e. The van der Waals surface area contributed by atoms with Crippen molar-refractivity contribution in [2.24, 2.45) is 5.73 Å². The lowest BCUT2D eigenvalue weighted by atomic mass is 10.3. The molecule has 0 aliphatic rings. The average Bonchev–Trinajstić information content (AvgIpc) is 2.97. The van der Waals surface area contributed by atoms with Crippen molar-refractivity contribution in [1.29, 1.82) is 0 Å². The van der Waals surface area contributed by atoms with Gasteiger partial charge in [-0.05, 0) is 25.1 Å². The lowest BCUT2D eigenvalue weighted by Gasteiger charge is -2.06. The van der Waals surface area contributed by atoms with Gasteiger partial charge in [0, 0.05) is 17.1 Å². The molecule has 0 spiro atoms. The first-order valence-corrected chi connectivity index (χ1v) is 6.65. The Balaban J connectivity index is 1.91. The van der Waals surface area contributed by atoms with Gasteiger partial charge in [-0.15, -0.1) is 0 Å². The van der Waals surface area contributed by atoms with E-state index in [1.54, 1.807) is 6.26 Å². The van der Waals surface area contributed by atoms with Crippen molar-refractivity contribution in [3.63, 3.8) is 0 Å². The maximum Gasteiger partial charge on any atom is 0.202 e. The van der Waals surface area contributed by atoms with E-state index in [1.807, 2.05) is 30.0 Å². The van der Waals surface area contributed by atoms with Crippen LogP contribution in [0.4, 0.5) is 0 Å². The summed E-state index contributed by atoms with van der Waals surface area (Å²) in [4.78, 5) is 0. The van der Waals surface area contributed by atoms with Crippen LogP contribution < -0.4 is 5.73 Å². The Morgan fingerprint density at radius 2 is 2.35 bits per heavy atom. The van der Waals surface area contributed by atoms with Crippen molar-refractivity contribution in [2.75, 3.05) is 6.54 Å². The van der Waals surface area contributed by atoms with Crippen molar-refractivity contribution in [1.82, 2.24) is 5.16 Å². The largest absolute Gasteiger partial charge is 0.461 e. The number of furan rings is 1. The molecule has 0 bridgehead atoms. The SMILES string of the molecule is CC(CCN)SCc1cc(-c2ccco2)on1. The second-order valence-electron chi connectivity index (χ2n) is 3.86. The van der Waals surface area contributed by atoms with Crippen molar-refractivity contribution < 1.29 is 8.94 Å². The molecule has 0 amide bonds. The van der Waals surface area contributed by atoms with Crippen molar-refractivity contribution in [3.05, 3.63) is 30.2 Å². The third kappa shape index (κ3) is 3.38. The third-order valence-corrected chi connectivity index (χ3v) is 3.68. The van der Waals surface area contributed by atoms with Gasteiger partial charge in [0.05, 0.1) is 12.0 Å². The second kappa shape index (κ2) is 5.93. The molecule has 0 fully saturated rings. The summed E-state index contributed by atoms with van der Waals surface area (Å²) in [7, 11) is 0. The summed E-state index contributed by atoms with van der Waals surface area (Å²) < 4.78 is 10.5. The Bertz CT molecular complexity index is 439. The fourth-order valence-electron chi connectivity index (χ4n) is 1.46. The highest BCUT2D eigenvalue weighted by molar-refractivity contribution is 7.99. The standard InChI is InChI=1S/C12H16N2O2S/c1-9(4-5-13)17-8-10-7-12(16-14-10)11-3-2-6-15-11/h2-3,6-7,9H,4-5,8,13H2,1H3. The number of aromatic nitrogens is 1. The van der Waals surface area contributed by atoms with E-state index >= 15 is 0 Å². The van der Waals surface area contributed by atoms with E-state index < -0.39 is 0 Å². The summed E-state index contributed by atoms with van der Waals surface area (Å²) in [5.74, 6) is 2.23. The van der Waals surface area contributed by atoms with E-state index in [0.29, 0.717) is 16.8 Å². The van der Waals surface area contributed by atoms with Gasteiger partial charge in [0.15, 0.2) is 5.76 Å². The van der Waals surface area contributed by atoms with E-state index in [4.69, 9.17) is 14.7 Å². The molecule has 1 unspecified atom stereocenters. The summed E-state index contributed by atoms with van der Waals surface area (Å²) in [5.41, 5.74) is 6.44. The lowest BCUT2D eigenvalue weighted by molar-refractivity contribution is 0.413. The fourth-order valence-corrected chi connectivity index (χ4v) is 2.35. The van der Waals surface area contributed by atoms with Gasteiger partial charge in [0.1, 0.15) is 0 Å². The first kappa shape index (κ1) is 12.3. The van der Waals surface area contributed by atoms with E-state index in [-0.39, 0.29) is 0 Å². The van der Waals surface area contributed by atoms with Crippen LogP contribution in [-0.4, -0.2) is 17.0 Å². The molecule has 2 aromatic heterocycles. The maximum atomic E-state index is 5.51. The van der Waals surface area contributed by atoms with Crippen molar-refractivity contribution >= 4 is 11.8 Å². The van der Waals surface area contributed by atoms with Crippen LogP contribution in [0, 0.1) is 0 Å². The Labute approximate surface area is 105 Å². The topological polar surface area (TPSA) is 65.2 Å². The molecule has 2 aromatic rings. The van der Waals surface area contributed by atoms with Gasteiger partial charge in [0.25, 0.3) is 0 Å². The predicted octanol–water partition coefficient (Wildman–Crippen LogP) is 2.91. The maximum absolute atomic E-state index is 5.51. The van der Waals surface area contributed by atoms with Crippen LogP contribution in [0.25, 0.3) is 11.5 Å². The van der Waals surface area contributed by atoms with Gasteiger partial charge in [-0.1, -0.05) is 12.1 Å². The fraction of sp³-hybridized carbons (Fsp3) is 0.417. The highest BCUT2D eigenvalue weighted by atomic mass is 32.2. The quantitative estimate of drug-likeness (QED) is 0.856. The summed E-state index contributed by atoms with van der Waals surface area (Å²) in [5, 5.41) is 4.56. The van der Waals surface area contributed by atoms with Gasteiger partial charge in [-0.3, -0.25) is 0 Å². The molecule has 0 aliphatic carbocycles. The molecular weight excluding hydrogens is 236 g/mol. The van der Waals surface area contributed by atoms with E-state index in [0.717, 1.165) is 24.4 Å². The summed E-state index contributed by atoms with van der Waals surface area (Å²) in [6.07, 6.45) is 2.64. The zero-order chi connectivity index (χ0) is 12.1. The number of nitrogens with two attached hydrogens (primary N) is 1. The Kier molecular flexibility index (Phi) is 4.28. The molecule has 4 nitrogen and oxygen atoms in total. The molecule has 2 heterocycles. The molecule has 1 atom stereocenters. The van der Waals surface area contributed by atoms with Gasteiger partial charge < -0.3 is 14.7 Å². The Morgan fingerprint density at radius 1 is 1.47 bits per heavy atom. The van der Waals surface area contributed by atoms with E-state index in [9.17, 15) is 0 Å². The number of thioether (sulfide) groups is 1.